The summed E-state index contributed by atoms with van der Waals surface area (Å²) in [5.74, 6) is -0.153. The van der Waals surface area contributed by atoms with E-state index in [9.17, 15) is 48.0 Å². The van der Waals surface area contributed by atoms with E-state index in [4.69, 9.17) is 5.21 Å². The first-order valence-electron chi connectivity index (χ1n) is 4.91. The molecule has 0 bridgehead atoms. The predicted octanol–water partition coefficient (Wildman–Crippen LogP) is 0.273. The molecule has 132 valence electrons. The van der Waals surface area contributed by atoms with Gasteiger partial charge in [-0.05, 0) is 6.42 Å². The van der Waals surface area contributed by atoms with Crippen LogP contribution in [0.2, 0.25) is 0 Å². The van der Waals surface area contributed by atoms with Crippen LogP contribution in [0.3, 0.4) is 0 Å². The first kappa shape index (κ1) is 20.9. The molecule has 16 heteroatoms. The lowest BCUT2D eigenvalue weighted by molar-refractivity contribution is -0.157. The van der Waals surface area contributed by atoms with Crippen molar-refractivity contribution >= 4 is 26.0 Å². The van der Waals surface area contributed by atoms with Crippen molar-refractivity contribution in [2.45, 2.75) is 23.9 Å². The molecule has 1 aliphatic rings. The summed E-state index contributed by atoms with van der Waals surface area (Å²) < 4.78 is 108. The first-order chi connectivity index (χ1) is 9.51. The number of alkyl halides is 6. The van der Waals surface area contributed by atoms with Crippen LogP contribution < -0.4 is 4.13 Å². The standard InChI is InChI=1S/C4H7NO2.C2HF6NO4S2/c6-4-2-1-3-5(4)7;3-1(4,5)14(10,11)9-15(12,13)2(6,7)8/h7H,1-3H2;9H. The Kier molecular flexibility index (Phi) is 6.21. The van der Waals surface area contributed by atoms with Crippen molar-refractivity contribution in [1.29, 1.82) is 0 Å². The van der Waals surface area contributed by atoms with E-state index >= 15 is 0 Å². The van der Waals surface area contributed by atoms with Crippen LogP contribution in [0.1, 0.15) is 12.8 Å². The van der Waals surface area contributed by atoms with Gasteiger partial charge in [0.1, 0.15) is 0 Å². The summed E-state index contributed by atoms with van der Waals surface area (Å²) in [5, 5.41) is 9.25. The van der Waals surface area contributed by atoms with Gasteiger partial charge in [-0.25, -0.2) is 21.9 Å². The van der Waals surface area contributed by atoms with Gasteiger partial charge in [-0.15, -0.1) is 0 Å². The van der Waals surface area contributed by atoms with E-state index in [1.54, 1.807) is 0 Å². The molecule has 8 nitrogen and oxygen atoms in total. The number of hydroxylamine groups is 2. The van der Waals surface area contributed by atoms with Crippen LogP contribution in [0.25, 0.3) is 0 Å². The molecule has 1 saturated heterocycles. The molecule has 22 heavy (non-hydrogen) atoms. The Hall–Kier alpha value is -1.13. The molecule has 1 fully saturated rings. The lowest BCUT2D eigenvalue weighted by atomic mass is 10.4. The van der Waals surface area contributed by atoms with Crippen molar-refractivity contribution in [3.63, 3.8) is 0 Å². The lowest BCUT2D eigenvalue weighted by Gasteiger charge is -2.11. The molecule has 1 aliphatic heterocycles. The largest absolute Gasteiger partial charge is 0.512 e. The average molecular weight is 382 g/mol. The summed E-state index contributed by atoms with van der Waals surface area (Å²) in [4.78, 5) is 10.2. The second-order valence-corrected chi connectivity index (χ2v) is 7.21. The van der Waals surface area contributed by atoms with Crippen molar-refractivity contribution in [2.75, 3.05) is 6.54 Å². The van der Waals surface area contributed by atoms with Crippen molar-refractivity contribution in [3.05, 3.63) is 0 Å². The Balaban J connectivity index is 0.000000518. The number of hydrogen-bond donors (Lipinski definition) is 2. The number of sulfonamides is 2. The van der Waals surface area contributed by atoms with Gasteiger partial charge in [0.15, 0.2) is 0 Å². The SMILES string of the molecule is O=C1CCCN1O.O=S(=O)(NS(=O)(=O)C(F)(F)F)C(F)(F)F. The summed E-state index contributed by atoms with van der Waals surface area (Å²) in [6.45, 7) is 0.513. The fourth-order valence-corrected chi connectivity index (χ4v) is 2.78. The lowest BCUT2D eigenvalue weighted by Crippen LogP contribution is -2.45. The van der Waals surface area contributed by atoms with E-state index in [-0.39, 0.29) is 5.91 Å². The Bertz CT molecular complexity index is 567. The van der Waals surface area contributed by atoms with Gasteiger partial charge in [-0.1, -0.05) is 4.13 Å². The van der Waals surface area contributed by atoms with E-state index in [1.807, 2.05) is 0 Å². The van der Waals surface area contributed by atoms with Gasteiger partial charge < -0.3 is 0 Å². The zero-order chi connectivity index (χ0) is 18.0. The van der Waals surface area contributed by atoms with Gasteiger partial charge in [0, 0.05) is 13.0 Å². The molecule has 0 spiro atoms. The highest BCUT2D eigenvalue weighted by Gasteiger charge is 2.55. The van der Waals surface area contributed by atoms with Gasteiger partial charge in [0.25, 0.3) is 0 Å². The number of carbonyl (C=O) groups excluding carboxylic acids is 1. The van der Waals surface area contributed by atoms with Gasteiger partial charge in [0.2, 0.25) is 5.91 Å². The second kappa shape index (κ2) is 6.55. The van der Waals surface area contributed by atoms with Crippen LogP contribution in [-0.4, -0.2) is 50.6 Å². The minimum Gasteiger partial charge on any atom is -0.286 e. The molecule has 1 rings (SSSR count). The minimum absolute atomic E-state index is 0.153. The van der Waals surface area contributed by atoms with Gasteiger partial charge in [-0.2, -0.15) is 26.3 Å². The number of nitrogens with one attached hydrogen (secondary N) is 1. The second-order valence-electron chi connectivity index (χ2n) is 3.60. The molecule has 0 aromatic carbocycles. The summed E-state index contributed by atoms with van der Waals surface area (Å²) in [5.41, 5.74) is -12.3. The Morgan fingerprint density at radius 3 is 1.45 bits per heavy atom. The predicted molar refractivity (Wildman–Crippen MR) is 55.8 cm³/mol. The quantitative estimate of drug-likeness (QED) is 0.523. The summed E-state index contributed by atoms with van der Waals surface area (Å²) in [6.07, 6.45) is 1.31. The molecular formula is C6H8F6N2O6S2. The molecule has 0 aromatic rings. The highest BCUT2D eigenvalue weighted by molar-refractivity contribution is 8.05. The number of halogens is 6. The van der Waals surface area contributed by atoms with Crippen molar-refractivity contribution < 1.29 is 53.2 Å². The van der Waals surface area contributed by atoms with E-state index in [2.05, 4.69) is 0 Å². The third-order valence-corrected chi connectivity index (χ3v) is 4.85. The maximum Gasteiger partial charge on any atom is 0.512 e. The number of hydrogen-bond acceptors (Lipinski definition) is 6. The molecule has 0 aromatic heterocycles. The van der Waals surface area contributed by atoms with E-state index in [0.29, 0.717) is 13.0 Å². The summed E-state index contributed by atoms with van der Waals surface area (Å²) in [7, 11) is -13.2. The topological polar surface area (TPSA) is 121 Å². The maximum atomic E-state index is 11.5. The maximum absolute atomic E-state index is 11.5. The molecule has 1 heterocycles. The molecule has 0 unspecified atom stereocenters. The smallest absolute Gasteiger partial charge is 0.286 e. The van der Waals surface area contributed by atoms with Crippen LogP contribution in [0, 0.1) is 0 Å². The molecule has 0 radical (unpaired) electrons. The third-order valence-electron chi connectivity index (χ3n) is 1.88. The third kappa shape index (κ3) is 5.58. The van der Waals surface area contributed by atoms with Crippen molar-refractivity contribution in [3.8, 4) is 0 Å². The van der Waals surface area contributed by atoms with Gasteiger partial charge in [-0.3, -0.25) is 10.0 Å². The van der Waals surface area contributed by atoms with Crippen LogP contribution in [0.4, 0.5) is 26.3 Å². The zero-order valence-corrected chi connectivity index (χ0v) is 11.8. The number of amides is 1. The monoisotopic (exact) mass is 382 g/mol. The molecule has 2 N–H and O–H groups in total. The van der Waals surface area contributed by atoms with E-state index in [1.165, 1.54) is 0 Å². The van der Waals surface area contributed by atoms with Crippen molar-refractivity contribution in [2.24, 2.45) is 0 Å². The Labute approximate surface area is 119 Å². The molecule has 1 amide bonds. The van der Waals surface area contributed by atoms with Crippen LogP contribution >= 0.6 is 0 Å². The molecule has 0 saturated carbocycles. The van der Waals surface area contributed by atoms with Crippen LogP contribution in [-0.2, 0) is 24.8 Å². The molecule has 0 aliphatic carbocycles. The van der Waals surface area contributed by atoms with Crippen LogP contribution in [0.15, 0.2) is 0 Å². The van der Waals surface area contributed by atoms with Gasteiger partial charge >= 0.3 is 31.1 Å². The molecule has 0 atom stereocenters. The normalized spacial score (nSPS) is 17.2. The fourth-order valence-electron chi connectivity index (χ4n) is 0.873. The molecular weight excluding hydrogens is 374 g/mol. The van der Waals surface area contributed by atoms with E-state index in [0.717, 1.165) is 11.5 Å². The zero-order valence-electron chi connectivity index (χ0n) is 10.1. The highest BCUT2D eigenvalue weighted by atomic mass is 32.3. The fraction of sp³-hybridized carbons (Fsp3) is 0.833. The number of rotatable bonds is 2. The summed E-state index contributed by atoms with van der Waals surface area (Å²) >= 11 is 0. The number of nitrogens with zero attached hydrogens (tertiary/aromatic N) is 1. The van der Waals surface area contributed by atoms with Crippen molar-refractivity contribution in [1.82, 2.24) is 9.19 Å². The highest BCUT2D eigenvalue weighted by Crippen LogP contribution is 2.27. The minimum atomic E-state index is -6.60. The Morgan fingerprint density at radius 2 is 1.32 bits per heavy atom. The van der Waals surface area contributed by atoms with E-state index < -0.39 is 35.2 Å². The summed E-state index contributed by atoms with van der Waals surface area (Å²) in [6, 6.07) is 0. The average Bonchev–Trinajstić information content (AvgIpc) is 2.59. The Morgan fingerprint density at radius 1 is 0.955 bits per heavy atom. The van der Waals surface area contributed by atoms with Gasteiger partial charge in [0.05, 0.1) is 0 Å². The first-order valence-corrected chi connectivity index (χ1v) is 7.88. The number of carbonyl (C=O) groups is 1. The van der Waals surface area contributed by atoms with Crippen LogP contribution in [0.5, 0.6) is 0 Å².